The van der Waals surface area contributed by atoms with Crippen molar-refractivity contribution < 1.29 is 18.6 Å². The van der Waals surface area contributed by atoms with Crippen LogP contribution >= 0.6 is 12.1 Å². The Morgan fingerprint density at radius 3 is 2.28 bits per heavy atom. The number of aromatic nitrogens is 2. The lowest BCUT2D eigenvalue weighted by Crippen LogP contribution is -2.06. The molecule has 9 nitrogen and oxygen atoms in total. The third kappa shape index (κ3) is 4.89. The van der Waals surface area contributed by atoms with Gasteiger partial charge in [-0.2, -0.15) is 4.98 Å². The van der Waals surface area contributed by atoms with Crippen molar-refractivity contribution in [2.24, 2.45) is 5.14 Å². The minimum Gasteiger partial charge on any atom is -0.493 e. The Hall–Kier alpha value is -3.44. The summed E-state index contributed by atoms with van der Waals surface area (Å²) in [6, 6.07) is 7.16. The maximum atomic E-state index is 14.5. The largest absolute Gasteiger partial charge is 0.493 e. The molecule has 1 aromatic heterocycles. The standard InChI is InChI=1S/C21H25FN6O3S/c1-11-6-7-15(18(12(11)2)28-32-23)26-20-14(22)10-24-21(27-20)25-13-8-16(29-3)19(31-5)17(9-13)30-4/h6-10,28H,23H2,1-5H3,(H2,24,25,26,27). The molecule has 0 amide bonds. The highest BCUT2D eigenvalue weighted by Crippen LogP contribution is 2.40. The van der Waals surface area contributed by atoms with Gasteiger partial charge in [0.15, 0.2) is 23.1 Å². The summed E-state index contributed by atoms with van der Waals surface area (Å²) in [7, 11) is 4.56. The van der Waals surface area contributed by atoms with E-state index in [2.05, 4.69) is 25.3 Å². The maximum Gasteiger partial charge on any atom is 0.229 e. The Morgan fingerprint density at radius 2 is 1.69 bits per heavy atom. The van der Waals surface area contributed by atoms with Gasteiger partial charge in [0.25, 0.3) is 0 Å². The molecule has 0 aliphatic heterocycles. The van der Waals surface area contributed by atoms with Crippen LogP contribution in [0.25, 0.3) is 0 Å². The summed E-state index contributed by atoms with van der Waals surface area (Å²) in [5, 5.41) is 11.6. The molecule has 11 heteroatoms. The number of nitrogens with two attached hydrogens (primary N) is 1. The van der Waals surface area contributed by atoms with Gasteiger partial charge in [-0.1, -0.05) is 6.07 Å². The van der Waals surface area contributed by atoms with Gasteiger partial charge in [0, 0.05) is 30.0 Å². The van der Waals surface area contributed by atoms with Crippen LogP contribution in [0.15, 0.2) is 30.5 Å². The number of ether oxygens (including phenoxy) is 3. The van der Waals surface area contributed by atoms with Crippen LogP contribution in [0.2, 0.25) is 0 Å². The van der Waals surface area contributed by atoms with E-state index in [9.17, 15) is 4.39 Å². The van der Waals surface area contributed by atoms with Gasteiger partial charge >= 0.3 is 0 Å². The molecule has 0 aliphatic carbocycles. The zero-order chi connectivity index (χ0) is 23.3. The number of methoxy groups -OCH3 is 3. The Morgan fingerprint density at radius 1 is 1.00 bits per heavy atom. The smallest absolute Gasteiger partial charge is 0.229 e. The molecule has 0 atom stereocenters. The summed E-state index contributed by atoms with van der Waals surface area (Å²) in [5.41, 5.74) is 4.00. The number of rotatable bonds is 9. The molecule has 2 aromatic carbocycles. The van der Waals surface area contributed by atoms with Crippen LogP contribution in [0, 0.1) is 19.7 Å². The molecule has 0 saturated heterocycles. The minimum absolute atomic E-state index is 0.00302. The second kappa shape index (κ2) is 10.2. The van der Waals surface area contributed by atoms with Crippen molar-refractivity contribution in [2.45, 2.75) is 13.8 Å². The van der Waals surface area contributed by atoms with E-state index in [0.717, 1.165) is 35.1 Å². The lowest BCUT2D eigenvalue weighted by atomic mass is 10.1. The molecule has 3 aromatic rings. The number of aryl methyl sites for hydroxylation is 1. The Kier molecular flexibility index (Phi) is 7.44. The Labute approximate surface area is 190 Å². The molecular weight excluding hydrogens is 435 g/mol. The third-order valence-corrected chi connectivity index (χ3v) is 5.14. The number of benzene rings is 2. The van der Waals surface area contributed by atoms with Gasteiger partial charge < -0.3 is 29.6 Å². The first-order valence-corrected chi connectivity index (χ1v) is 10.4. The van der Waals surface area contributed by atoms with Crippen molar-refractivity contribution in [3.05, 3.63) is 47.4 Å². The summed E-state index contributed by atoms with van der Waals surface area (Å²) in [4.78, 5) is 8.31. The van der Waals surface area contributed by atoms with Crippen molar-refractivity contribution in [3.63, 3.8) is 0 Å². The zero-order valence-electron chi connectivity index (χ0n) is 18.4. The van der Waals surface area contributed by atoms with Crippen LogP contribution in [-0.2, 0) is 0 Å². The quantitative estimate of drug-likeness (QED) is 0.335. The van der Waals surface area contributed by atoms with Crippen molar-refractivity contribution >= 4 is 41.0 Å². The second-order valence-electron chi connectivity index (χ2n) is 6.70. The molecule has 1 heterocycles. The normalized spacial score (nSPS) is 10.5. The van der Waals surface area contributed by atoms with E-state index >= 15 is 0 Å². The maximum absolute atomic E-state index is 14.5. The van der Waals surface area contributed by atoms with Crippen LogP contribution < -0.4 is 34.7 Å². The number of nitrogens with zero attached hydrogens (tertiary/aromatic N) is 2. The molecule has 3 rings (SSSR count). The molecule has 0 unspecified atom stereocenters. The van der Waals surface area contributed by atoms with Gasteiger partial charge in [-0.15, -0.1) is 0 Å². The van der Waals surface area contributed by atoms with Gasteiger partial charge in [-0.3, -0.25) is 5.14 Å². The molecule has 0 saturated carbocycles. The molecule has 0 radical (unpaired) electrons. The van der Waals surface area contributed by atoms with Crippen LogP contribution in [0.4, 0.5) is 33.2 Å². The highest BCUT2D eigenvalue weighted by Gasteiger charge is 2.16. The van der Waals surface area contributed by atoms with E-state index < -0.39 is 5.82 Å². The van der Waals surface area contributed by atoms with Crippen LogP contribution in [0.5, 0.6) is 17.2 Å². The molecule has 170 valence electrons. The SMILES string of the molecule is COc1cc(Nc2ncc(F)c(Nc3ccc(C)c(C)c3NSN)n2)cc(OC)c1OC. The van der Waals surface area contributed by atoms with Crippen molar-refractivity contribution in [1.82, 2.24) is 9.97 Å². The highest BCUT2D eigenvalue weighted by molar-refractivity contribution is 7.98. The predicted octanol–water partition coefficient (Wildman–Crippen LogP) is 4.68. The fraction of sp³-hybridized carbons (Fsp3) is 0.238. The van der Waals surface area contributed by atoms with Gasteiger partial charge in [0.2, 0.25) is 11.7 Å². The summed E-state index contributed by atoms with van der Waals surface area (Å²) < 4.78 is 33.6. The first-order valence-electron chi connectivity index (χ1n) is 9.50. The predicted molar refractivity (Wildman–Crippen MR) is 126 cm³/mol. The number of hydrogen-bond acceptors (Lipinski definition) is 10. The van der Waals surface area contributed by atoms with Crippen LogP contribution in [0.1, 0.15) is 11.1 Å². The van der Waals surface area contributed by atoms with Crippen molar-refractivity contribution in [3.8, 4) is 17.2 Å². The van der Waals surface area contributed by atoms with Gasteiger partial charge in [-0.25, -0.2) is 9.37 Å². The molecular formula is C21H25FN6O3S. The minimum atomic E-state index is -0.606. The van der Waals surface area contributed by atoms with E-state index in [0.29, 0.717) is 28.6 Å². The topological polar surface area (TPSA) is 116 Å². The first kappa shape index (κ1) is 23.2. The summed E-state index contributed by atoms with van der Waals surface area (Å²) in [6.45, 7) is 3.93. The highest BCUT2D eigenvalue weighted by atomic mass is 32.2. The average Bonchev–Trinajstić information content (AvgIpc) is 2.80. The lowest BCUT2D eigenvalue weighted by Gasteiger charge is -2.17. The van der Waals surface area contributed by atoms with Crippen LogP contribution in [-0.4, -0.2) is 31.3 Å². The molecule has 32 heavy (non-hydrogen) atoms. The number of nitrogens with one attached hydrogen (secondary N) is 3. The average molecular weight is 461 g/mol. The van der Waals surface area contributed by atoms with E-state index in [1.165, 1.54) is 21.3 Å². The van der Waals surface area contributed by atoms with E-state index in [-0.39, 0.29) is 11.8 Å². The molecule has 0 aliphatic rings. The van der Waals surface area contributed by atoms with Gasteiger partial charge in [-0.05, 0) is 31.0 Å². The van der Waals surface area contributed by atoms with Crippen LogP contribution in [0.3, 0.4) is 0 Å². The van der Waals surface area contributed by atoms with Crippen molar-refractivity contribution in [1.29, 1.82) is 0 Å². The van der Waals surface area contributed by atoms with E-state index in [1.54, 1.807) is 12.1 Å². The summed E-state index contributed by atoms with van der Waals surface area (Å²) >= 11 is 0.959. The van der Waals surface area contributed by atoms with Gasteiger partial charge in [0.05, 0.1) is 38.9 Å². The Bertz CT molecular complexity index is 1090. The molecule has 0 bridgehead atoms. The monoisotopic (exact) mass is 460 g/mol. The Balaban J connectivity index is 1.93. The third-order valence-electron chi connectivity index (χ3n) is 4.81. The fourth-order valence-electron chi connectivity index (χ4n) is 3.04. The van der Waals surface area contributed by atoms with E-state index in [1.807, 2.05) is 26.0 Å². The number of hydrogen-bond donors (Lipinski definition) is 4. The van der Waals surface area contributed by atoms with Crippen molar-refractivity contribution in [2.75, 3.05) is 36.7 Å². The second-order valence-corrected chi connectivity index (χ2v) is 7.14. The number of anilines is 5. The first-order chi connectivity index (χ1) is 15.4. The van der Waals surface area contributed by atoms with E-state index in [4.69, 9.17) is 19.3 Å². The van der Waals surface area contributed by atoms with Gasteiger partial charge in [0.1, 0.15) is 0 Å². The number of halogens is 1. The summed E-state index contributed by atoms with van der Waals surface area (Å²) in [5.74, 6) is 0.943. The zero-order valence-corrected chi connectivity index (χ0v) is 19.2. The summed E-state index contributed by atoms with van der Waals surface area (Å²) in [6.07, 6.45) is 1.08. The molecule has 0 fully saturated rings. The molecule has 0 spiro atoms. The lowest BCUT2D eigenvalue weighted by molar-refractivity contribution is 0.324. The molecule has 5 N–H and O–H groups in total. The fourth-order valence-corrected chi connectivity index (χ4v) is 3.42.